The van der Waals surface area contributed by atoms with Crippen molar-refractivity contribution in [2.45, 2.75) is 5.54 Å². The van der Waals surface area contributed by atoms with Crippen molar-refractivity contribution in [1.82, 2.24) is 10.6 Å². The van der Waals surface area contributed by atoms with E-state index in [1.54, 1.807) is 48.5 Å². The second-order valence-corrected chi connectivity index (χ2v) is 5.55. The number of rotatable bonds is 2. The minimum atomic E-state index is -1.30. The van der Waals surface area contributed by atoms with Crippen molar-refractivity contribution in [1.29, 1.82) is 0 Å². The van der Waals surface area contributed by atoms with Gasteiger partial charge in [-0.05, 0) is 35.4 Å². The zero-order valence-corrected chi connectivity index (χ0v) is 12.2. The fraction of sp³-hybridized carbons (Fsp3) is 0.0667. The predicted octanol–water partition coefficient (Wildman–Crippen LogP) is 3.08. The Morgan fingerprint density at radius 2 is 1.57 bits per heavy atom. The van der Waals surface area contributed by atoms with Crippen molar-refractivity contribution in [3.63, 3.8) is 0 Å². The molecule has 6 heteroatoms. The molecule has 1 saturated heterocycles. The molecule has 3 amide bonds. The van der Waals surface area contributed by atoms with Crippen LogP contribution in [0, 0.1) is 0 Å². The predicted molar refractivity (Wildman–Crippen MR) is 80.4 cm³/mol. The van der Waals surface area contributed by atoms with Crippen LogP contribution in [0.5, 0.6) is 0 Å². The summed E-state index contributed by atoms with van der Waals surface area (Å²) in [4.78, 5) is 24.1. The second-order valence-electron chi connectivity index (χ2n) is 4.68. The summed E-state index contributed by atoms with van der Waals surface area (Å²) in [6.07, 6.45) is 0. The Labute approximate surface area is 131 Å². The Balaban J connectivity index is 2.23. The number of carbonyl (C=O) groups is 2. The minimum absolute atomic E-state index is 0.447. The van der Waals surface area contributed by atoms with Crippen LogP contribution in [0.15, 0.2) is 48.5 Å². The molecule has 0 saturated carbocycles. The van der Waals surface area contributed by atoms with E-state index in [0.29, 0.717) is 21.2 Å². The quantitative estimate of drug-likeness (QED) is 0.835. The smallest absolute Gasteiger partial charge is 0.316 e. The maximum absolute atomic E-state index is 12.4. The van der Waals surface area contributed by atoms with Gasteiger partial charge in [0.2, 0.25) is 0 Å². The molecular weight excluding hydrogens is 311 g/mol. The van der Waals surface area contributed by atoms with Gasteiger partial charge in [0.15, 0.2) is 5.54 Å². The minimum Gasteiger partial charge on any atom is -0.316 e. The second kappa shape index (κ2) is 5.06. The molecule has 1 aliphatic heterocycles. The average molecular weight is 321 g/mol. The van der Waals surface area contributed by atoms with E-state index in [1.165, 1.54) is 0 Å². The molecule has 1 aliphatic rings. The lowest BCUT2D eigenvalue weighted by Crippen LogP contribution is -2.44. The fourth-order valence-corrected chi connectivity index (χ4v) is 2.77. The number of urea groups is 1. The molecule has 106 valence electrons. The summed E-state index contributed by atoms with van der Waals surface area (Å²) in [5.41, 5.74) is -0.106. The number of nitrogens with one attached hydrogen (secondary N) is 2. The number of imide groups is 1. The largest absolute Gasteiger partial charge is 0.322 e. The highest BCUT2D eigenvalue weighted by molar-refractivity contribution is 6.31. The Morgan fingerprint density at radius 1 is 0.857 bits per heavy atom. The standard InChI is InChI=1S/C15H10Cl2N2O2/c16-11-6-4-9(5-7-11)15(13(20)18-14(21)19-15)10-2-1-3-12(17)8-10/h1-8H,(H2,18,19,20,21)/t15-/m1/s1. The Bertz CT molecular complexity index is 731. The summed E-state index contributed by atoms with van der Waals surface area (Å²) in [5.74, 6) is -0.447. The third-order valence-electron chi connectivity index (χ3n) is 3.40. The lowest BCUT2D eigenvalue weighted by Gasteiger charge is -2.27. The normalized spacial score (nSPS) is 21.0. The Hall–Kier alpha value is -2.04. The van der Waals surface area contributed by atoms with Gasteiger partial charge in [-0.1, -0.05) is 47.5 Å². The van der Waals surface area contributed by atoms with Gasteiger partial charge >= 0.3 is 6.03 Å². The Morgan fingerprint density at radius 3 is 2.14 bits per heavy atom. The molecular formula is C15H10Cl2N2O2. The molecule has 0 aromatic heterocycles. The maximum atomic E-state index is 12.4. The SMILES string of the molecule is O=C1NC(=O)[C@@](c2ccc(Cl)cc2)(c2cccc(Cl)c2)N1. The van der Waals surface area contributed by atoms with E-state index in [9.17, 15) is 9.59 Å². The molecule has 2 N–H and O–H groups in total. The van der Waals surface area contributed by atoms with Crippen molar-refractivity contribution in [2.75, 3.05) is 0 Å². The molecule has 0 bridgehead atoms. The number of benzene rings is 2. The zero-order valence-electron chi connectivity index (χ0n) is 10.7. The van der Waals surface area contributed by atoms with Gasteiger partial charge in [-0.15, -0.1) is 0 Å². The van der Waals surface area contributed by atoms with Crippen LogP contribution in [0.4, 0.5) is 4.79 Å². The molecule has 1 heterocycles. The van der Waals surface area contributed by atoms with E-state index >= 15 is 0 Å². The van der Waals surface area contributed by atoms with Gasteiger partial charge in [-0.25, -0.2) is 4.79 Å². The van der Waals surface area contributed by atoms with Crippen LogP contribution in [0.3, 0.4) is 0 Å². The highest BCUT2D eigenvalue weighted by atomic mass is 35.5. The van der Waals surface area contributed by atoms with Gasteiger partial charge in [-0.2, -0.15) is 0 Å². The van der Waals surface area contributed by atoms with E-state index in [2.05, 4.69) is 10.6 Å². The number of hydrogen-bond acceptors (Lipinski definition) is 2. The first kappa shape index (κ1) is 13.9. The van der Waals surface area contributed by atoms with E-state index < -0.39 is 17.5 Å². The lowest BCUT2D eigenvalue weighted by atomic mass is 9.83. The van der Waals surface area contributed by atoms with Gasteiger partial charge in [0.25, 0.3) is 5.91 Å². The first-order valence-electron chi connectivity index (χ1n) is 6.18. The van der Waals surface area contributed by atoms with Crippen LogP contribution in [0.1, 0.15) is 11.1 Å². The van der Waals surface area contributed by atoms with Crippen molar-refractivity contribution in [3.05, 3.63) is 69.7 Å². The summed E-state index contributed by atoms with van der Waals surface area (Å²) < 4.78 is 0. The highest BCUT2D eigenvalue weighted by Crippen LogP contribution is 2.34. The van der Waals surface area contributed by atoms with Crippen molar-refractivity contribution >= 4 is 35.1 Å². The summed E-state index contributed by atoms with van der Waals surface area (Å²) in [6.45, 7) is 0. The molecule has 0 radical (unpaired) electrons. The van der Waals surface area contributed by atoms with Crippen LogP contribution in [0.25, 0.3) is 0 Å². The number of halogens is 2. The van der Waals surface area contributed by atoms with E-state index in [1.807, 2.05) is 0 Å². The molecule has 21 heavy (non-hydrogen) atoms. The van der Waals surface area contributed by atoms with Crippen molar-refractivity contribution in [2.24, 2.45) is 0 Å². The first-order valence-corrected chi connectivity index (χ1v) is 6.93. The van der Waals surface area contributed by atoms with Crippen LogP contribution in [-0.2, 0) is 10.3 Å². The fourth-order valence-electron chi connectivity index (χ4n) is 2.45. The number of carbonyl (C=O) groups excluding carboxylic acids is 2. The summed E-state index contributed by atoms with van der Waals surface area (Å²) in [7, 11) is 0. The molecule has 0 unspecified atom stereocenters. The number of hydrogen-bond donors (Lipinski definition) is 2. The summed E-state index contributed by atoms with van der Waals surface area (Å²) in [6, 6.07) is 13.0. The molecule has 4 nitrogen and oxygen atoms in total. The van der Waals surface area contributed by atoms with Crippen LogP contribution in [0.2, 0.25) is 10.0 Å². The van der Waals surface area contributed by atoms with E-state index in [4.69, 9.17) is 23.2 Å². The van der Waals surface area contributed by atoms with Gasteiger partial charge in [-0.3, -0.25) is 10.1 Å². The third-order valence-corrected chi connectivity index (χ3v) is 3.89. The molecule has 2 aromatic carbocycles. The van der Waals surface area contributed by atoms with Gasteiger partial charge in [0.1, 0.15) is 0 Å². The first-order chi connectivity index (χ1) is 10.0. The van der Waals surface area contributed by atoms with Crippen LogP contribution >= 0.6 is 23.2 Å². The lowest BCUT2D eigenvalue weighted by molar-refractivity contribution is -0.122. The zero-order chi connectivity index (χ0) is 15.0. The summed E-state index contributed by atoms with van der Waals surface area (Å²) >= 11 is 11.9. The molecule has 3 rings (SSSR count). The topological polar surface area (TPSA) is 58.2 Å². The van der Waals surface area contributed by atoms with Gasteiger partial charge in [0, 0.05) is 10.0 Å². The third kappa shape index (κ3) is 2.26. The van der Waals surface area contributed by atoms with Crippen molar-refractivity contribution < 1.29 is 9.59 Å². The maximum Gasteiger partial charge on any atom is 0.322 e. The molecule has 0 aliphatic carbocycles. The van der Waals surface area contributed by atoms with Gasteiger partial charge < -0.3 is 5.32 Å². The molecule has 1 fully saturated rings. The Kier molecular flexibility index (Phi) is 3.35. The van der Waals surface area contributed by atoms with Crippen molar-refractivity contribution in [3.8, 4) is 0 Å². The monoisotopic (exact) mass is 320 g/mol. The van der Waals surface area contributed by atoms with Crippen LogP contribution in [-0.4, -0.2) is 11.9 Å². The molecule has 2 aromatic rings. The van der Waals surface area contributed by atoms with E-state index in [-0.39, 0.29) is 0 Å². The highest BCUT2D eigenvalue weighted by Gasteiger charge is 2.49. The van der Waals surface area contributed by atoms with E-state index in [0.717, 1.165) is 0 Å². The number of amides is 3. The summed E-state index contributed by atoms with van der Waals surface area (Å²) in [5, 5.41) is 6.00. The van der Waals surface area contributed by atoms with Crippen LogP contribution < -0.4 is 10.6 Å². The molecule has 0 spiro atoms. The van der Waals surface area contributed by atoms with Gasteiger partial charge in [0.05, 0.1) is 0 Å². The molecule has 1 atom stereocenters. The average Bonchev–Trinajstić information content (AvgIpc) is 2.75.